The summed E-state index contributed by atoms with van der Waals surface area (Å²) >= 11 is 0. The standard InChI is InChI=1S/C22H17FN4O3/c1-13-11-15(14(2)26(13)16-7-9-24-10-8-16)12-17-20(28)25-22(30)27(21(17)29)19-6-4-3-5-18(19)23/h3-12H,1-2H3,(H,25,28,30)/b17-12+. The lowest BCUT2D eigenvalue weighted by Gasteiger charge is -2.26. The normalized spacial score (nSPS) is 15.6. The fourth-order valence-electron chi connectivity index (χ4n) is 3.49. The van der Waals surface area contributed by atoms with Gasteiger partial charge in [-0.05, 0) is 55.8 Å². The van der Waals surface area contributed by atoms with Crippen molar-refractivity contribution in [3.63, 3.8) is 0 Å². The Balaban J connectivity index is 1.78. The van der Waals surface area contributed by atoms with E-state index in [9.17, 15) is 18.8 Å². The molecule has 0 atom stereocenters. The van der Waals surface area contributed by atoms with E-state index in [-0.39, 0.29) is 11.3 Å². The van der Waals surface area contributed by atoms with Gasteiger partial charge in [-0.2, -0.15) is 0 Å². The Morgan fingerprint density at radius 3 is 2.43 bits per heavy atom. The number of carbonyl (C=O) groups excluding carboxylic acids is 3. The van der Waals surface area contributed by atoms with Crippen molar-refractivity contribution >= 4 is 29.6 Å². The van der Waals surface area contributed by atoms with E-state index in [0.717, 1.165) is 23.1 Å². The third-order valence-electron chi connectivity index (χ3n) is 4.89. The summed E-state index contributed by atoms with van der Waals surface area (Å²) in [5, 5.41) is 2.11. The van der Waals surface area contributed by atoms with Crippen molar-refractivity contribution in [2.24, 2.45) is 0 Å². The van der Waals surface area contributed by atoms with Crippen molar-refractivity contribution < 1.29 is 18.8 Å². The number of aromatic nitrogens is 2. The molecule has 1 fully saturated rings. The second-order valence-electron chi connectivity index (χ2n) is 6.78. The molecule has 3 heterocycles. The third kappa shape index (κ3) is 3.18. The quantitative estimate of drug-likeness (QED) is 0.536. The van der Waals surface area contributed by atoms with Gasteiger partial charge in [-0.25, -0.2) is 14.1 Å². The summed E-state index contributed by atoms with van der Waals surface area (Å²) in [7, 11) is 0. The highest BCUT2D eigenvalue weighted by atomic mass is 19.1. The number of amides is 4. The average molecular weight is 404 g/mol. The molecule has 0 spiro atoms. The molecule has 1 aliphatic heterocycles. The summed E-state index contributed by atoms with van der Waals surface area (Å²) in [6.45, 7) is 3.75. The molecule has 0 saturated carbocycles. The van der Waals surface area contributed by atoms with Crippen LogP contribution in [0, 0.1) is 19.7 Å². The van der Waals surface area contributed by atoms with Crippen LogP contribution in [0.15, 0.2) is 60.4 Å². The number of para-hydroxylation sites is 1. The Bertz CT molecular complexity index is 1210. The molecule has 0 unspecified atom stereocenters. The highest BCUT2D eigenvalue weighted by Gasteiger charge is 2.38. The van der Waals surface area contributed by atoms with E-state index in [1.807, 2.05) is 36.6 Å². The number of aryl methyl sites for hydroxylation is 1. The van der Waals surface area contributed by atoms with Crippen LogP contribution < -0.4 is 10.2 Å². The molecule has 0 radical (unpaired) electrons. The maximum atomic E-state index is 14.2. The van der Waals surface area contributed by atoms with Gasteiger partial charge in [0.25, 0.3) is 11.8 Å². The number of urea groups is 1. The van der Waals surface area contributed by atoms with Crippen LogP contribution in [0.5, 0.6) is 0 Å². The largest absolute Gasteiger partial charge is 0.336 e. The van der Waals surface area contributed by atoms with E-state index in [1.165, 1.54) is 24.3 Å². The first kappa shape index (κ1) is 19.3. The molecule has 0 bridgehead atoms. The number of nitrogens with one attached hydrogen (secondary N) is 1. The van der Waals surface area contributed by atoms with Crippen LogP contribution in [-0.4, -0.2) is 27.4 Å². The summed E-state index contributed by atoms with van der Waals surface area (Å²) in [4.78, 5) is 42.3. The molecule has 0 aliphatic carbocycles. The maximum Gasteiger partial charge on any atom is 0.336 e. The number of carbonyl (C=O) groups is 3. The van der Waals surface area contributed by atoms with E-state index < -0.39 is 23.7 Å². The highest BCUT2D eigenvalue weighted by Crippen LogP contribution is 2.27. The Morgan fingerprint density at radius 2 is 1.73 bits per heavy atom. The molecule has 4 rings (SSSR count). The zero-order valence-corrected chi connectivity index (χ0v) is 16.2. The Hall–Kier alpha value is -4.07. The molecular formula is C22H17FN4O3. The molecule has 1 aliphatic rings. The van der Waals surface area contributed by atoms with Gasteiger partial charge in [0.1, 0.15) is 11.4 Å². The van der Waals surface area contributed by atoms with E-state index in [2.05, 4.69) is 10.3 Å². The Morgan fingerprint density at radius 1 is 1.03 bits per heavy atom. The molecule has 1 saturated heterocycles. The zero-order valence-electron chi connectivity index (χ0n) is 16.2. The summed E-state index contributed by atoms with van der Waals surface area (Å²) in [6, 6.07) is 9.90. The van der Waals surface area contributed by atoms with Crippen molar-refractivity contribution in [2.45, 2.75) is 13.8 Å². The number of imide groups is 2. The molecule has 8 heteroatoms. The van der Waals surface area contributed by atoms with Gasteiger partial charge in [-0.3, -0.25) is 19.9 Å². The molecule has 1 aromatic carbocycles. The highest BCUT2D eigenvalue weighted by molar-refractivity contribution is 6.39. The molecule has 3 aromatic rings. The van der Waals surface area contributed by atoms with Crippen LogP contribution in [0.2, 0.25) is 0 Å². The van der Waals surface area contributed by atoms with Crippen molar-refractivity contribution in [1.82, 2.24) is 14.9 Å². The smallest absolute Gasteiger partial charge is 0.318 e. The number of anilines is 1. The van der Waals surface area contributed by atoms with Crippen LogP contribution in [0.25, 0.3) is 11.8 Å². The van der Waals surface area contributed by atoms with Crippen molar-refractivity contribution in [3.8, 4) is 5.69 Å². The van der Waals surface area contributed by atoms with Gasteiger partial charge in [0, 0.05) is 29.5 Å². The predicted molar refractivity (Wildman–Crippen MR) is 108 cm³/mol. The number of hydrogen-bond acceptors (Lipinski definition) is 4. The van der Waals surface area contributed by atoms with Gasteiger partial charge >= 0.3 is 6.03 Å². The van der Waals surface area contributed by atoms with Gasteiger partial charge in [-0.1, -0.05) is 12.1 Å². The maximum absolute atomic E-state index is 14.2. The van der Waals surface area contributed by atoms with Gasteiger partial charge in [0.2, 0.25) is 0 Å². The number of halogens is 1. The fourth-order valence-corrected chi connectivity index (χ4v) is 3.49. The summed E-state index contributed by atoms with van der Waals surface area (Å²) < 4.78 is 16.2. The van der Waals surface area contributed by atoms with Crippen LogP contribution in [0.1, 0.15) is 17.0 Å². The van der Waals surface area contributed by atoms with Gasteiger partial charge < -0.3 is 4.57 Å². The lowest BCUT2D eigenvalue weighted by atomic mass is 10.1. The summed E-state index contributed by atoms with van der Waals surface area (Å²) in [6.07, 6.45) is 4.75. The fraction of sp³-hybridized carbons (Fsp3) is 0.0909. The molecule has 7 nitrogen and oxygen atoms in total. The first-order chi connectivity index (χ1) is 14.4. The summed E-state index contributed by atoms with van der Waals surface area (Å²) in [5.74, 6) is -2.46. The molecular weight excluding hydrogens is 387 g/mol. The first-order valence-electron chi connectivity index (χ1n) is 9.14. The van der Waals surface area contributed by atoms with Gasteiger partial charge in [-0.15, -0.1) is 0 Å². The SMILES string of the molecule is Cc1cc(/C=C2\C(=O)NC(=O)N(c3ccccc3F)C2=O)c(C)n1-c1ccncc1. The number of benzene rings is 1. The van der Waals surface area contributed by atoms with Gasteiger partial charge in [0.15, 0.2) is 0 Å². The van der Waals surface area contributed by atoms with E-state index >= 15 is 0 Å². The lowest BCUT2D eigenvalue weighted by molar-refractivity contribution is -0.122. The topological polar surface area (TPSA) is 84.3 Å². The number of barbiturate groups is 1. The molecule has 1 N–H and O–H groups in total. The average Bonchev–Trinajstić information content (AvgIpc) is 3.00. The van der Waals surface area contributed by atoms with Gasteiger partial charge in [0.05, 0.1) is 5.69 Å². The molecule has 30 heavy (non-hydrogen) atoms. The predicted octanol–water partition coefficient (Wildman–Crippen LogP) is 3.29. The summed E-state index contributed by atoms with van der Waals surface area (Å²) in [5.41, 5.74) is 2.71. The monoisotopic (exact) mass is 404 g/mol. The molecule has 4 amide bonds. The minimum absolute atomic E-state index is 0.222. The second kappa shape index (κ2) is 7.40. The van der Waals surface area contributed by atoms with Crippen LogP contribution in [0.4, 0.5) is 14.9 Å². The Labute approximate surface area is 171 Å². The minimum atomic E-state index is -0.991. The second-order valence-corrected chi connectivity index (χ2v) is 6.78. The van der Waals surface area contributed by atoms with E-state index in [1.54, 1.807) is 12.4 Å². The van der Waals surface area contributed by atoms with Crippen LogP contribution >= 0.6 is 0 Å². The molecule has 150 valence electrons. The van der Waals surface area contributed by atoms with Crippen molar-refractivity contribution in [1.29, 1.82) is 0 Å². The Kier molecular flexibility index (Phi) is 4.75. The molecule has 2 aromatic heterocycles. The number of nitrogens with zero attached hydrogens (tertiary/aromatic N) is 3. The van der Waals surface area contributed by atoms with E-state index in [4.69, 9.17) is 0 Å². The number of hydrogen-bond donors (Lipinski definition) is 1. The van der Waals surface area contributed by atoms with Crippen molar-refractivity contribution in [2.75, 3.05) is 4.90 Å². The first-order valence-corrected chi connectivity index (χ1v) is 9.14. The van der Waals surface area contributed by atoms with Crippen molar-refractivity contribution in [3.05, 3.63) is 83.2 Å². The van der Waals surface area contributed by atoms with Crippen LogP contribution in [0.3, 0.4) is 0 Å². The minimum Gasteiger partial charge on any atom is -0.318 e. The van der Waals surface area contributed by atoms with E-state index in [0.29, 0.717) is 10.5 Å². The zero-order chi connectivity index (χ0) is 21.4. The van der Waals surface area contributed by atoms with Crippen LogP contribution in [-0.2, 0) is 9.59 Å². The third-order valence-corrected chi connectivity index (χ3v) is 4.89. The lowest BCUT2D eigenvalue weighted by Crippen LogP contribution is -2.54. The number of rotatable bonds is 3. The number of pyridine rings is 1.